The molecule has 0 aliphatic rings. The number of terminal acetylenes is 1. The standard InChI is InChI=1S/C19H18BrNO2/c1-3-12-23-17-7-4-15(5-8-17)10-11-21-19(22)18-9-6-16(20)13-14(18)2/h1,4-9,13H,10-12H2,2H3,(H,21,22). The molecule has 0 spiro atoms. The zero-order valence-electron chi connectivity index (χ0n) is 12.9. The molecule has 1 N–H and O–H groups in total. The molecule has 23 heavy (non-hydrogen) atoms. The largest absolute Gasteiger partial charge is 0.481 e. The summed E-state index contributed by atoms with van der Waals surface area (Å²) in [5, 5.41) is 2.94. The van der Waals surface area contributed by atoms with Gasteiger partial charge in [0.2, 0.25) is 0 Å². The van der Waals surface area contributed by atoms with Crippen LogP contribution in [0.2, 0.25) is 0 Å². The smallest absolute Gasteiger partial charge is 0.251 e. The van der Waals surface area contributed by atoms with Gasteiger partial charge in [-0.15, -0.1) is 6.42 Å². The van der Waals surface area contributed by atoms with Gasteiger partial charge in [-0.2, -0.15) is 0 Å². The third kappa shape index (κ3) is 5.15. The van der Waals surface area contributed by atoms with Crippen molar-refractivity contribution < 1.29 is 9.53 Å². The first-order chi connectivity index (χ1) is 11.1. The monoisotopic (exact) mass is 371 g/mol. The zero-order chi connectivity index (χ0) is 16.7. The van der Waals surface area contributed by atoms with Crippen molar-refractivity contribution in [2.75, 3.05) is 13.2 Å². The molecule has 0 atom stereocenters. The van der Waals surface area contributed by atoms with Gasteiger partial charge in [-0.25, -0.2) is 0 Å². The molecular weight excluding hydrogens is 354 g/mol. The van der Waals surface area contributed by atoms with Crippen LogP contribution in [0.5, 0.6) is 5.75 Å². The van der Waals surface area contributed by atoms with Crippen molar-refractivity contribution in [1.29, 1.82) is 0 Å². The van der Waals surface area contributed by atoms with Crippen molar-refractivity contribution in [3.05, 3.63) is 63.6 Å². The predicted octanol–water partition coefficient (Wildman–Crippen LogP) is 3.74. The number of ether oxygens (including phenoxy) is 1. The Balaban J connectivity index is 1.84. The maximum atomic E-state index is 12.2. The van der Waals surface area contributed by atoms with Gasteiger partial charge in [0.05, 0.1) is 0 Å². The maximum absolute atomic E-state index is 12.2. The lowest BCUT2D eigenvalue weighted by Gasteiger charge is -2.09. The summed E-state index contributed by atoms with van der Waals surface area (Å²) >= 11 is 3.40. The van der Waals surface area contributed by atoms with E-state index < -0.39 is 0 Å². The van der Waals surface area contributed by atoms with Crippen LogP contribution in [0.25, 0.3) is 0 Å². The van der Waals surface area contributed by atoms with E-state index in [2.05, 4.69) is 27.2 Å². The van der Waals surface area contributed by atoms with Gasteiger partial charge in [0, 0.05) is 16.6 Å². The van der Waals surface area contributed by atoms with Gasteiger partial charge in [-0.1, -0.05) is 34.0 Å². The summed E-state index contributed by atoms with van der Waals surface area (Å²) in [6.07, 6.45) is 5.91. The van der Waals surface area contributed by atoms with Gasteiger partial charge < -0.3 is 10.1 Å². The van der Waals surface area contributed by atoms with Crippen LogP contribution in [0.1, 0.15) is 21.5 Å². The van der Waals surface area contributed by atoms with Gasteiger partial charge in [0.25, 0.3) is 5.91 Å². The third-order valence-corrected chi connectivity index (χ3v) is 3.87. The van der Waals surface area contributed by atoms with Crippen molar-refractivity contribution in [2.45, 2.75) is 13.3 Å². The van der Waals surface area contributed by atoms with E-state index in [-0.39, 0.29) is 12.5 Å². The van der Waals surface area contributed by atoms with E-state index in [1.165, 1.54) is 0 Å². The molecule has 0 unspecified atom stereocenters. The van der Waals surface area contributed by atoms with E-state index in [9.17, 15) is 4.79 Å². The number of hydrogen-bond acceptors (Lipinski definition) is 2. The van der Waals surface area contributed by atoms with Crippen LogP contribution >= 0.6 is 15.9 Å². The number of rotatable bonds is 6. The Bertz CT molecular complexity index is 717. The number of benzene rings is 2. The van der Waals surface area contributed by atoms with Crippen molar-refractivity contribution in [3.63, 3.8) is 0 Å². The molecule has 0 aromatic heterocycles. The predicted molar refractivity (Wildman–Crippen MR) is 95.7 cm³/mol. The van der Waals surface area contributed by atoms with Crippen LogP contribution in [0, 0.1) is 19.3 Å². The minimum Gasteiger partial charge on any atom is -0.481 e. The first-order valence-corrected chi connectivity index (χ1v) is 8.09. The van der Waals surface area contributed by atoms with E-state index in [4.69, 9.17) is 11.2 Å². The molecule has 0 bridgehead atoms. The molecule has 0 radical (unpaired) electrons. The fourth-order valence-electron chi connectivity index (χ4n) is 2.17. The average molecular weight is 372 g/mol. The Kier molecular flexibility index (Phi) is 6.25. The van der Waals surface area contributed by atoms with Crippen molar-refractivity contribution in [2.24, 2.45) is 0 Å². The number of aryl methyl sites for hydroxylation is 1. The van der Waals surface area contributed by atoms with Gasteiger partial charge in [0.1, 0.15) is 12.4 Å². The molecule has 2 rings (SSSR count). The topological polar surface area (TPSA) is 38.3 Å². The molecule has 0 saturated carbocycles. The number of carbonyl (C=O) groups excluding carboxylic acids is 1. The number of hydrogen-bond donors (Lipinski definition) is 1. The summed E-state index contributed by atoms with van der Waals surface area (Å²) < 4.78 is 6.29. The van der Waals surface area contributed by atoms with E-state index >= 15 is 0 Å². The Morgan fingerprint density at radius 3 is 2.65 bits per heavy atom. The zero-order valence-corrected chi connectivity index (χ0v) is 14.5. The molecule has 2 aromatic carbocycles. The van der Waals surface area contributed by atoms with Gasteiger partial charge in [0.15, 0.2) is 0 Å². The number of amides is 1. The van der Waals surface area contributed by atoms with E-state index in [1.54, 1.807) is 0 Å². The molecule has 0 fully saturated rings. The number of halogens is 1. The molecule has 3 nitrogen and oxygen atoms in total. The number of nitrogens with one attached hydrogen (secondary N) is 1. The van der Waals surface area contributed by atoms with Crippen LogP contribution in [0.15, 0.2) is 46.9 Å². The normalized spacial score (nSPS) is 9.96. The lowest BCUT2D eigenvalue weighted by molar-refractivity contribution is 0.0953. The quantitative estimate of drug-likeness (QED) is 0.785. The highest BCUT2D eigenvalue weighted by molar-refractivity contribution is 9.10. The first-order valence-electron chi connectivity index (χ1n) is 7.29. The molecule has 0 aliphatic heterocycles. The van der Waals surface area contributed by atoms with E-state index in [1.807, 2.05) is 49.4 Å². The second-order valence-electron chi connectivity index (χ2n) is 5.10. The molecule has 0 saturated heterocycles. The summed E-state index contributed by atoms with van der Waals surface area (Å²) in [5.74, 6) is 3.13. The van der Waals surface area contributed by atoms with Crippen LogP contribution in [-0.2, 0) is 6.42 Å². The lowest BCUT2D eigenvalue weighted by atomic mass is 10.1. The second kappa shape index (κ2) is 8.40. The first kappa shape index (κ1) is 17.1. The minimum absolute atomic E-state index is 0.0519. The molecule has 0 heterocycles. The SMILES string of the molecule is C#CCOc1ccc(CCNC(=O)c2ccc(Br)cc2C)cc1. The van der Waals surface area contributed by atoms with Gasteiger partial charge >= 0.3 is 0 Å². The Labute approximate surface area is 145 Å². The van der Waals surface area contributed by atoms with Gasteiger partial charge in [-0.3, -0.25) is 4.79 Å². The molecule has 4 heteroatoms. The highest BCUT2D eigenvalue weighted by Crippen LogP contribution is 2.16. The van der Waals surface area contributed by atoms with E-state index in [0.717, 1.165) is 27.8 Å². The van der Waals surface area contributed by atoms with Crippen LogP contribution < -0.4 is 10.1 Å². The molecule has 1 amide bonds. The summed E-state index contributed by atoms with van der Waals surface area (Å²) in [6, 6.07) is 13.3. The van der Waals surface area contributed by atoms with Crippen LogP contribution in [0.4, 0.5) is 0 Å². The van der Waals surface area contributed by atoms with Crippen molar-refractivity contribution in [1.82, 2.24) is 5.32 Å². The van der Waals surface area contributed by atoms with Crippen LogP contribution in [-0.4, -0.2) is 19.1 Å². The van der Waals surface area contributed by atoms with E-state index in [0.29, 0.717) is 12.1 Å². The summed E-state index contributed by atoms with van der Waals surface area (Å²) in [7, 11) is 0. The molecular formula is C19H18BrNO2. The minimum atomic E-state index is -0.0519. The second-order valence-corrected chi connectivity index (χ2v) is 6.02. The van der Waals surface area contributed by atoms with Gasteiger partial charge in [-0.05, 0) is 54.8 Å². The van der Waals surface area contributed by atoms with Crippen molar-refractivity contribution in [3.8, 4) is 18.1 Å². The fraction of sp³-hybridized carbons (Fsp3) is 0.211. The molecule has 2 aromatic rings. The van der Waals surface area contributed by atoms with Crippen LogP contribution in [0.3, 0.4) is 0 Å². The third-order valence-electron chi connectivity index (χ3n) is 3.38. The number of carbonyl (C=O) groups is 1. The molecule has 0 aliphatic carbocycles. The summed E-state index contributed by atoms with van der Waals surface area (Å²) in [6.45, 7) is 2.77. The Hall–Kier alpha value is -2.25. The molecule has 118 valence electrons. The highest BCUT2D eigenvalue weighted by atomic mass is 79.9. The Morgan fingerprint density at radius 1 is 1.26 bits per heavy atom. The lowest BCUT2D eigenvalue weighted by Crippen LogP contribution is -2.26. The maximum Gasteiger partial charge on any atom is 0.251 e. The Morgan fingerprint density at radius 2 is 2.00 bits per heavy atom. The average Bonchev–Trinajstić information content (AvgIpc) is 2.54. The summed E-state index contributed by atoms with van der Waals surface area (Å²) in [5.41, 5.74) is 2.78. The summed E-state index contributed by atoms with van der Waals surface area (Å²) in [4.78, 5) is 12.2. The highest BCUT2D eigenvalue weighted by Gasteiger charge is 2.08. The fourth-order valence-corrected chi connectivity index (χ4v) is 2.65. The van der Waals surface area contributed by atoms with Crippen molar-refractivity contribution >= 4 is 21.8 Å².